The van der Waals surface area contributed by atoms with Crippen LogP contribution >= 0.6 is 11.3 Å². The van der Waals surface area contributed by atoms with Gasteiger partial charge in [0.1, 0.15) is 0 Å². The molecule has 0 spiro atoms. The molecule has 2 rings (SSSR count). The molecule has 1 aliphatic carbocycles. The zero-order chi connectivity index (χ0) is 15.4. The fourth-order valence-corrected chi connectivity index (χ4v) is 3.41. The van der Waals surface area contributed by atoms with Gasteiger partial charge in [-0.2, -0.15) is 0 Å². The van der Waals surface area contributed by atoms with Crippen LogP contribution < -0.4 is 10.6 Å². The first-order valence-electron chi connectivity index (χ1n) is 7.50. The van der Waals surface area contributed by atoms with E-state index >= 15 is 0 Å². The monoisotopic (exact) mass is 309 g/mol. The van der Waals surface area contributed by atoms with Crippen LogP contribution in [0.5, 0.6) is 0 Å². The quantitative estimate of drug-likeness (QED) is 0.878. The van der Waals surface area contributed by atoms with Gasteiger partial charge in [0, 0.05) is 23.3 Å². The van der Waals surface area contributed by atoms with Crippen molar-refractivity contribution in [3.8, 4) is 0 Å². The Morgan fingerprint density at radius 3 is 2.57 bits per heavy atom. The summed E-state index contributed by atoms with van der Waals surface area (Å²) < 4.78 is 0. The Morgan fingerprint density at radius 2 is 2.00 bits per heavy atom. The Balaban J connectivity index is 1.77. The number of aromatic nitrogens is 1. The Labute approximate surface area is 129 Å². The number of amides is 2. The van der Waals surface area contributed by atoms with Crippen LogP contribution in [0.1, 0.15) is 49.6 Å². The Hall–Kier alpha value is -1.43. The van der Waals surface area contributed by atoms with Crippen molar-refractivity contribution in [3.05, 3.63) is 10.6 Å². The van der Waals surface area contributed by atoms with Crippen LogP contribution in [0.15, 0.2) is 0 Å². The maximum atomic E-state index is 12.0. The summed E-state index contributed by atoms with van der Waals surface area (Å²) in [5, 5.41) is 6.36. The molecule has 6 heteroatoms. The first kappa shape index (κ1) is 15.9. The van der Waals surface area contributed by atoms with E-state index in [-0.39, 0.29) is 30.2 Å². The van der Waals surface area contributed by atoms with Gasteiger partial charge in [-0.05, 0) is 33.6 Å². The molecule has 0 aromatic carbocycles. The van der Waals surface area contributed by atoms with Crippen LogP contribution in [0.4, 0.5) is 5.13 Å². The van der Waals surface area contributed by atoms with Crippen LogP contribution in [0.2, 0.25) is 0 Å². The molecule has 1 heterocycles. The van der Waals surface area contributed by atoms with Gasteiger partial charge in [0.15, 0.2) is 5.13 Å². The van der Waals surface area contributed by atoms with Gasteiger partial charge in [0.05, 0.1) is 5.69 Å². The number of rotatable bonds is 5. The fraction of sp³-hybridized carbons (Fsp3) is 0.667. The lowest BCUT2D eigenvalue weighted by Crippen LogP contribution is -2.38. The van der Waals surface area contributed by atoms with Crippen molar-refractivity contribution in [1.29, 1.82) is 0 Å². The van der Waals surface area contributed by atoms with Gasteiger partial charge < -0.3 is 10.6 Å². The molecular formula is C15H23N3O2S. The average molecular weight is 309 g/mol. The first-order valence-corrected chi connectivity index (χ1v) is 8.31. The van der Waals surface area contributed by atoms with Crippen LogP contribution in [-0.4, -0.2) is 22.8 Å². The van der Waals surface area contributed by atoms with E-state index in [4.69, 9.17) is 0 Å². The minimum Gasteiger partial charge on any atom is -0.353 e. The van der Waals surface area contributed by atoms with Crippen molar-refractivity contribution in [2.75, 3.05) is 5.32 Å². The third kappa shape index (κ3) is 4.52. The zero-order valence-corrected chi connectivity index (χ0v) is 13.7. The fourth-order valence-electron chi connectivity index (χ4n) is 2.57. The third-order valence-electron chi connectivity index (χ3n) is 3.88. The highest BCUT2D eigenvalue weighted by Gasteiger charge is 2.24. The molecule has 1 aliphatic rings. The predicted octanol–water partition coefficient (Wildman–Crippen LogP) is 2.78. The first-order chi connectivity index (χ1) is 9.95. The lowest BCUT2D eigenvalue weighted by atomic mass is 10.1. The predicted molar refractivity (Wildman–Crippen MR) is 84.4 cm³/mol. The lowest BCUT2D eigenvalue weighted by Gasteiger charge is -2.16. The van der Waals surface area contributed by atoms with Crippen molar-refractivity contribution in [1.82, 2.24) is 10.3 Å². The highest BCUT2D eigenvalue weighted by molar-refractivity contribution is 7.15. The van der Waals surface area contributed by atoms with Gasteiger partial charge in [-0.15, -0.1) is 11.3 Å². The van der Waals surface area contributed by atoms with Crippen molar-refractivity contribution in [2.24, 2.45) is 5.92 Å². The van der Waals surface area contributed by atoms with E-state index in [1.165, 1.54) is 11.3 Å². The SMILES string of the molecule is Cc1nc(NC(=O)C[C@H](C)NC(=O)C2CCCC2)sc1C. The average Bonchev–Trinajstić information content (AvgIpc) is 3.00. The molecule has 5 nitrogen and oxygen atoms in total. The summed E-state index contributed by atoms with van der Waals surface area (Å²) >= 11 is 1.47. The Bertz CT molecular complexity index is 501. The normalized spacial score (nSPS) is 16.7. The minimum absolute atomic E-state index is 0.0914. The second kappa shape index (κ2) is 7.02. The number of hydrogen-bond donors (Lipinski definition) is 2. The van der Waals surface area contributed by atoms with Crippen LogP contribution in [0.3, 0.4) is 0 Å². The molecule has 2 N–H and O–H groups in total. The molecule has 1 aromatic heterocycles. The van der Waals surface area contributed by atoms with Crippen LogP contribution in [-0.2, 0) is 9.59 Å². The number of hydrogen-bond acceptors (Lipinski definition) is 4. The summed E-state index contributed by atoms with van der Waals surface area (Å²) in [6.45, 7) is 5.77. The maximum Gasteiger partial charge on any atom is 0.228 e. The summed E-state index contributed by atoms with van der Waals surface area (Å²) in [6.07, 6.45) is 4.49. The summed E-state index contributed by atoms with van der Waals surface area (Å²) in [5.74, 6) is 0.122. The van der Waals surface area contributed by atoms with Gasteiger partial charge in [-0.1, -0.05) is 12.8 Å². The van der Waals surface area contributed by atoms with Crippen LogP contribution in [0, 0.1) is 19.8 Å². The highest BCUT2D eigenvalue weighted by Crippen LogP contribution is 2.25. The molecule has 0 radical (unpaired) electrons. The molecule has 1 saturated carbocycles. The number of anilines is 1. The number of thiazole rings is 1. The van der Waals surface area contributed by atoms with E-state index in [0.29, 0.717) is 5.13 Å². The molecule has 1 atom stereocenters. The van der Waals surface area contributed by atoms with Gasteiger partial charge in [0.25, 0.3) is 0 Å². The smallest absolute Gasteiger partial charge is 0.228 e. The van der Waals surface area contributed by atoms with E-state index in [1.807, 2.05) is 20.8 Å². The largest absolute Gasteiger partial charge is 0.353 e. The van der Waals surface area contributed by atoms with E-state index in [2.05, 4.69) is 15.6 Å². The number of aryl methyl sites for hydroxylation is 2. The van der Waals surface area contributed by atoms with Gasteiger partial charge in [0.2, 0.25) is 11.8 Å². The number of nitrogens with one attached hydrogen (secondary N) is 2. The van der Waals surface area contributed by atoms with Gasteiger partial charge in [-0.3, -0.25) is 9.59 Å². The molecule has 0 bridgehead atoms. The summed E-state index contributed by atoms with van der Waals surface area (Å²) in [4.78, 5) is 29.3. The van der Waals surface area contributed by atoms with Crippen molar-refractivity contribution >= 4 is 28.3 Å². The zero-order valence-electron chi connectivity index (χ0n) is 12.9. The summed E-state index contributed by atoms with van der Waals surface area (Å²) in [5.41, 5.74) is 0.942. The second-order valence-electron chi connectivity index (χ2n) is 5.80. The minimum atomic E-state index is -0.153. The van der Waals surface area contributed by atoms with Crippen molar-refractivity contribution < 1.29 is 9.59 Å². The molecule has 0 unspecified atom stereocenters. The maximum absolute atomic E-state index is 12.0. The summed E-state index contributed by atoms with van der Waals surface area (Å²) in [7, 11) is 0. The highest BCUT2D eigenvalue weighted by atomic mass is 32.1. The second-order valence-corrected chi connectivity index (χ2v) is 7.01. The van der Waals surface area contributed by atoms with E-state index in [0.717, 1.165) is 36.3 Å². The number of carbonyl (C=O) groups is 2. The van der Waals surface area contributed by atoms with E-state index < -0.39 is 0 Å². The van der Waals surface area contributed by atoms with Crippen LogP contribution in [0.25, 0.3) is 0 Å². The lowest BCUT2D eigenvalue weighted by molar-refractivity contribution is -0.125. The van der Waals surface area contributed by atoms with E-state index in [1.54, 1.807) is 0 Å². The van der Waals surface area contributed by atoms with Crippen molar-refractivity contribution in [2.45, 2.75) is 58.9 Å². The number of carbonyl (C=O) groups excluding carboxylic acids is 2. The molecule has 1 aromatic rings. The Morgan fingerprint density at radius 1 is 1.33 bits per heavy atom. The molecule has 0 aliphatic heterocycles. The van der Waals surface area contributed by atoms with Gasteiger partial charge in [-0.25, -0.2) is 4.98 Å². The number of nitrogens with zero attached hydrogens (tertiary/aromatic N) is 1. The molecule has 116 valence electrons. The molecule has 1 fully saturated rings. The molecule has 0 saturated heterocycles. The topological polar surface area (TPSA) is 71.1 Å². The third-order valence-corrected chi connectivity index (χ3v) is 4.87. The van der Waals surface area contributed by atoms with E-state index in [9.17, 15) is 9.59 Å². The summed E-state index contributed by atoms with van der Waals surface area (Å²) in [6, 6.07) is -0.153. The molecule has 2 amide bonds. The molecular weight excluding hydrogens is 286 g/mol. The van der Waals surface area contributed by atoms with Crippen molar-refractivity contribution in [3.63, 3.8) is 0 Å². The standard InChI is InChI=1S/C15H23N3O2S/c1-9(16-14(20)12-6-4-5-7-12)8-13(19)18-15-17-10(2)11(3)21-15/h9,12H,4-8H2,1-3H3,(H,16,20)(H,17,18,19)/t9-/m0/s1. The van der Waals surface area contributed by atoms with Gasteiger partial charge >= 0.3 is 0 Å². The Kier molecular flexibility index (Phi) is 5.33. The molecule has 21 heavy (non-hydrogen) atoms.